The number of carbonyl (C=O) groups excluding carboxylic acids is 2. The van der Waals surface area contributed by atoms with Crippen LogP contribution < -0.4 is 15.7 Å². The molecule has 7 heteroatoms. The normalized spacial score (nSPS) is 14.9. The maximum Gasteiger partial charge on any atom is 0.344 e. The number of nitrogens with zero attached hydrogens (tertiary/aromatic N) is 1. The van der Waals surface area contributed by atoms with Crippen molar-refractivity contribution in [1.82, 2.24) is 10.2 Å². The smallest absolute Gasteiger partial charge is 0.344 e. The Morgan fingerprint density at radius 2 is 1.94 bits per heavy atom. The van der Waals surface area contributed by atoms with Crippen molar-refractivity contribution in [3.8, 4) is 5.75 Å². The lowest BCUT2D eigenvalue weighted by Gasteiger charge is -2.18. The Morgan fingerprint density at radius 3 is 2.68 bits per heavy atom. The molecule has 4 rings (SSSR count). The molecule has 2 heterocycles. The molecule has 1 saturated heterocycles. The number of hydrogen-bond donors (Lipinski definition) is 1. The molecule has 7 nitrogen and oxygen atoms in total. The van der Waals surface area contributed by atoms with E-state index in [2.05, 4.69) is 5.32 Å². The van der Waals surface area contributed by atoms with Crippen LogP contribution in [0.15, 0.2) is 45.6 Å². The number of fused-ring (bicyclic) bond motifs is 3. The summed E-state index contributed by atoms with van der Waals surface area (Å²) < 4.78 is 11.4. The van der Waals surface area contributed by atoms with E-state index in [1.165, 1.54) is 0 Å². The van der Waals surface area contributed by atoms with Crippen molar-refractivity contribution in [1.29, 1.82) is 0 Å². The first kappa shape index (κ1) is 20.9. The summed E-state index contributed by atoms with van der Waals surface area (Å²) in [6.45, 7) is 5.44. The first-order valence-electron chi connectivity index (χ1n) is 10.6. The van der Waals surface area contributed by atoms with Crippen LogP contribution in [0.1, 0.15) is 31.7 Å². The highest BCUT2D eigenvalue weighted by molar-refractivity contribution is 6.05. The zero-order valence-electron chi connectivity index (χ0n) is 17.8. The molecule has 1 aromatic heterocycles. The minimum absolute atomic E-state index is 0.189. The maximum atomic E-state index is 12.4. The molecule has 2 amide bonds. The number of likely N-dealkylation sites (tertiary alicyclic amines) is 1. The van der Waals surface area contributed by atoms with Crippen LogP contribution in [0.2, 0.25) is 0 Å². The molecule has 0 aliphatic carbocycles. The molecule has 1 N–H and O–H groups in total. The van der Waals surface area contributed by atoms with E-state index in [4.69, 9.17) is 9.15 Å². The first-order chi connectivity index (χ1) is 15.0. The van der Waals surface area contributed by atoms with Crippen molar-refractivity contribution in [2.45, 2.75) is 39.2 Å². The summed E-state index contributed by atoms with van der Waals surface area (Å²) in [7, 11) is 0. The van der Waals surface area contributed by atoms with Gasteiger partial charge in [0.2, 0.25) is 5.91 Å². The summed E-state index contributed by atoms with van der Waals surface area (Å²) in [5, 5.41) is 5.04. The van der Waals surface area contributed by atoms with E-state index in [-0.39, 0.29) is 11.8 Å². The number of hydrogen-bond acceptors (Lipinski definition) is 5. The second-order valence-corrected chi connectivity index (χ2v) is 7.89. The van der Waals surface area contributed by atoms with Crippen LogP contribution in [-0.4, -0.2) is 42.5 Å². The number of nitrogens with one attached hydrogen (secondary N) is 1. The SMILES string of the molecule is Cc1c(O[C@@H](C)C(=O)NCCCN2CCCC2=O)ccc2c1oc(=O)c1ccccc12. The molecule has 1 aliphatic heterocycles. The highest BCUT2D eigenvalue weighted by Gasteiger charge is 2.20. The second-order valence-electron chi connectivity index (χ2n) is 7.89. The zero-order chi connectivity index (χ0) is 22.0. The van der Waals surface area contributed by atoms with Gasteiger partial charge in [0.15, 0.2) is 6.10 Å². The molecule has 162 valence electrons. The van der Waals surface area contributed by atoms with Crippen LogP contribution in [0.5, 0.6) is 5.75 Å². The molecule has 2 aromatic carbocycles. The van der Waals surface area contributed by atoms with E-state index in [9.17, 15) is 14.4 Å². The van der Waals surface area contributed by atoms with E-state index in [1.54, 1.807) is 25.1 Å². The molecule has 0 radical (unpaired) electrons. The third kappa shape index (κ3) is 4.26. The van der Waals surface area contributed by atoms with Crippen molar-refractivity contribution < 1.29 is 18.7 Å². The lowest BCUT2D eigenvalue weighted by molar-refractivity contribution is -0.127. The molecule has 1 aliphatic rings. The van der Waals surface area contributed by atoms with Gasteiger partial charge >= 0.3 is 5.63 Å². The fourth-order valence-corrected chi connectivity index (χ4v) is 4.00. The highest BCUT2D eigenvalue weighted by atomic mass is 16.5. The lowest BCUT2D eigenvalue weighted by atomic mass is 10.0. The van der Waals surface area contributed by atoms with Gasteiger partial charge < -0.3 is 19.4 Å². The van der Waals surface area contributed by atoms with Gasteiger partial charge in [-0.25, -0.2) is 4.79 Å². The van der Waals surface area contributed by atoms with Gasteiger partial charge in [0.1, 0.15) is 11.3 Å². The molecule has 1 atom stereocenters. The number of aryl methyl sites for hydroxylation is 1. The maximum absolute atomic E-state index is 12.4. The lowest BCUT2D eigenvalue weighted by Crippen LogP contribution is -2.38. The van der Waals surface area contributed by atoms with E-state index < -0.39 is 11.7 Å². The van der Waals surface area contributed by atoms with Crippen molar-refractivity contribution in [2.24, 2.45) is 0 Å². The average molecular weight is 422 g/mol. The van der Waals surface area contributed by atoms with E-state index in [0.717, 1.165) is 23.7 Å². The Bertz CT molecular complexity index is 1200. The molecule has 3 aromatic rings. The Labute approximate surface area is 180 Å². The van der Waals surface area contributed by atoms with Crippen LogP contribution in [0, 0.1) is 6.92 Å². The summed E-state index contributed by atoms with van der Waals surface area (Å²) in [6, 6.07) is 11.0. The molecule has 0 saturated carbocycles. The third-order valence-electron chi connectivity index (χ3n) is 5.74. The van der Waals surface area contributed by atoms with E-state index >= 15 is 0 Å². The number of carbonyl (C=O) groups is 2. The summed E-state index contributed by atoms with van der Waals surface area (Å²) in [4.78, 5) is 38.2. The summed E-state index contributed by atoms with van der Waals surface area (Å²) in [5.41, 5.74) is 0.738. The van der Waals surface area contributed by atoms with Gasteiger partial charge in [0.05, 0.1) is 5.39 Å². The second kappa shape index (κ2) is 8.79. The Hall–Kier alpha value is -3.35. The van der Waals surface area contributed by atoms with Gasteiger partial charge in [-0.1, -0.05) is 18.2 Å². The van der Waals surface area contributed by atoms with Gasteiger partial charge in [0.25, 0.3) is 5.91 Å². The van der Waals surface area contributed by atoms with Crippen LogP contribution in [0.3, 0.4) is 0 Å². The van der Waals surface area contributed by atoms with E-state index in [0.29, 0.717) is 48.2 Å². The van der Waals surface area contributed by atoms with Crippen molar-refractivity contribution in [3.05, 3.63) is 52.4 Å². The van der Waals surface area contributed by atoms with Crippen molar-refractivity contribution in [2.75, 3.05) is 19.6 Å². The van der Waals surface area contributed by atoms with Crippen LogP contribution >= 0.6 is 0 Å². The van der Waals surface area contributed by atoms with Crippen LogP contribution in [0.4, 0.5) is 0 Å². The standard InChI is InChI=1S/C24H26N2O5/c1-15-20(11-10-18-17-7-3-4-8-19(17)24(29)31-22(15)18)30-16(2)23(28)25-12-6-14-26-13-5-9-21(26)27/h3-4,7-8,10-11,16H,5-6,9,12-14H2,1-2H3,(H,25,28)/t16-/m0/s1. The van der Waals surface area contributed by atoms with Gasteiger partial charge in [0, 0.05) is 37.0 Å². The third-order valence-corrected chi connectivity index (χ3v) is 5.74. The molecule has 0 bridgehead atoms. The van der Waals surface area contributed by atoms with E-state index in [1.807, 2.05) is 30.0 Å². The summed E-state index contributed by atoms with van der Waals surface area (Å²) in [6.07, 6.45) is 1.53. The van der Waals surface area contributed by atoms with Crippen LogP contribution in [0.25, 0.3) is 21.7 Å². The van der Waals surface area contributed by atoms with Crippen LogP contribution in [-0.2, 0) is 9.59 Å². The average Bonchev–Trinajstić information content (AvgIpc) is 3.18. The number of benzene rings is 2. The van der Waals surface area contributed by atoms with Gasteiger partial charge in [-0.15, -0.1) is 0 Å². The molecular weight excluding hydrogens is 396 g/mol. The monoisotopic (exact) mass is 422 g/mol. The fraction of sp³-hybridized carbons (Fsp3) is 0.375. The molecule has 1 fully saturated rings. The quantitative estimate of drug-likeness (QED) is 0.359. The predicted octanol–water partition coefficient (Wildman–Crippen LogP) is 3.15. The Kier molecular flexibility index (Phi) is 5.93. The summed E-state index contributed by atoms with van der Waals surface area (Å²) in [5.74, 6) is 0.456. The highest BCUT2D eigenvalue weighted by Crippen LogP contribution is 2.31. The Balaban J connectivity index is 1.42. The number of amides is 2. The van der Waals surface area contributed by atoms with Crippen molar-refractivity contribution >= 4 is 33.6 Å². The van der Waals surface area contributed by atoms with Crippen molar-refractivity contribution in [3.63, 3.8) is 0 Å². The molecule has 31 heavy (non-hydrogen) atoms. The molecular formula is C24H26N2O5. The topological polar surface area (TPSA) is 88.8 Å². The van der Waals surface area contributed by atoms with Gasteiger partial charge in [-0.05, 0) is 50.3 Å². The minimum atomic E-state index is -0.711. The number of ether oxygens (including phenoxy) is 1. The predicted molar refractivity (Wildman–Crippen MR) is 118 cm³/mol. The fourth-order valence-electron chi connectivity index (χ4n) is 4.00. The first-order valence-corrected chi connectivity index (χ1v) is 10.6. The largest absolute Gasteiger partial charge is 0.480 e. The molecule has 0 unspecified atom stereocenters. The number of rotatable bonds is 7. The summed E-state index contributed by atoms with van der Waals surface area (Å²) >= 11 is 0. The zero-order valence-corrected chi connectivity index (χ0v) is 17.8. The van der Waals surface area contributed by atoms with Gasteiger partial charge in [-0.3, -0.25) is 9.59 Å². The molecule has 0 spiro atoms. The van der Waals surface area contributed by atoms with Gasteiger partial charge in [-0.2, -0.15) is 0 Å². The Morgan fingerprint density at radius 1 is 1.16 bits per heavy atom. The minimum Gasteiger partial charge on any atom is -0.480 e.